The summed E-state index contributed by atoms with van der Waals surface area (Å²) < 4.78 is 0. The maximum Gasteiger partial charge on any atom is 0.0540 e. The molecule has 0 spiro atoms. The second-order valence-electron chi connectivity index (χ2n) is 4.52. The minimum atomic E-state index is 0.00410. The van der Waals surface area contributed by atoms with Crippen molar-refractivity contribution in [3.63, 3.8) is 0 Å². The summed E-state index contributed by atoms with van der Waals surface area (Å²) in [5.41, 5.74) is 0. The van der Waals surface area contributed by atoms with Gasteiger partial charge in [-0.05, 0) is 25.2 Å². The van der Waals surface area contributed by atoms with Gasteiger partial charge in [0.25, 0.3) is 0 Å². The van der Waals surface area contributed by atoms with Gasteiger partial charge >= 0.3 is 0 Å². The summed E-state index contributed by atoms with van der Waals surface area (Å²) in [6.07, 6.45) is 11.4. The monoisotopic (exact) mass is 184 g/mol. The van der Waals surface area contributed by atoms with Gasteiger partial charge in [-0.3, -0.25) is 0 Å². The summed E-state index contributed by atoms with van der Waals surface area (Å²) in [6, 6.07) is 0. The molecule has 0 aromatic carbocycles. The molecule has 0 aromatic rings. The quantitative estimate of drug-likeness (QED) is 0.711. The Morgan fingerprint density at radius 2 is 1.85 bits per heavy atom. The number of hydrogen-bond donors (Lipinski definition) is 1. The Morgan fingerprint density at radius 3 is 2.62 bits per heavy atom. The summed E-state index contributed by atoms with van der Waals surface area (Å²) in [6.45, 7) is 2.26. The molecule has 0 aromatic heterocycles. The van der Waals surface area contributed by atoms with Crippen LogP contribution in [0.15, 0.2) is 0 Å². The SMILES string of the molecule is CCCCC1CCCCC(O)CC1. The Morgan fingerprint density at radius 1 is 1.08 bits per heavy atom. The maximum absolute atomic E-state index is 9.56. The lowest BCUT2D eigenvalue weighted by Gasteiger charge is -2.22. The number of rotatable bonds is 3. The zero-order chi connectivity index (χ0) is 9.52. The smallest absolute Gasteiger partial charge is 0.0540 e. The van der Waals surface area contributed by atoms with E-state index >= 15 is 0 Å². The van der Waals surface area contributed by atoms with Gasteiger partial charge in [0.15, 0.2) is 0 Å². The Bertz CT molecular complexity index is 120. The first-order valence-corrected chi connectivity index (χ1v) is 6.01. The average Bonchev–Trinajstić information content (AvgIpc) is 2.11. The normalized spacial score (nSPS) is 30.9. The molecule has 1 saturated carbocycles. The van der Waals surface area contributed by atoms with Crippen molar-refractivity contribution in [2.24, 2.45) is 5.92 Å². The Labute approximate surface area is 82.5 Å². The third kappa shape index (κ3) is 4.66. The Balaban J connectivity index is 2.20. The molecular formula is C12H24O. The molecule has 0 saturated heterocycles. The largest absolute Gasteiger partial charge is 0.393 e. The maximum atomic E-state index is 9.56. The molecule has 2 atom stereocenters. The first-order chi connectivity index (χ1) is 6.33. The van der Waals surface area contributed by atoms with Crippen LogP contribution in [0.25, 0.3) is 0 Å². The highest BCUT2D eigenvalue weighted by molar-refractivity contribution is 4.67. The predicted molar refractivity (Wildman–Crippen MR) is 56.7 cm³/mol. The summed E-state index contributed by atoms with van der Waals surface area (Å²) in [5.74, 6) is 0.912. The molecule has 1 rings (SSSR count). The lowest BCUT2D eigenvalue weighted by Crippen LogP contribution is -2.13. The molecule has 78 valence electrons. The highest BCUT2D eigenvalue weighted by Gasteiger charge is 2.14. The molecule has 1 aliphatic rings. The van der Waals surface area contributed by atoms with Crippen LogP contribution in [0.3, 0.4) is 0 Å². The molecule has 1 heteroatoms. The van der Waals surface area contributed by atoms with Crippen LogP contribution in [0, 0.1) is 5.92 Å². The van der Waals surface area contributed by atoms with Crippen molar-refractivity contribution >= 4 is 0 Å². The number of aliphatic hydroxyl groups is 1. The van der Waals surface area contributed by atoms with Gasteiger partial charge < -0.3 is 5.11 Å². The summed E-state index contributed by atoms with van der Waals surface area (Å²) >= 11 is 0. The van der Waals surface area contributed by atoms with Crippen LogP contribution < -0.4 is 0 Å². The average molecular weight is 184 g/mol. The van der Waals surface area contributed by atoms with E-state index in [1.165, 1.54) is 44.9 Å². The van der Waals surface area contributed by atoms with Crippen LogP contribution in [0.1, 0.15) is 64.7 Å². The standard InChI is InChI=1S/C12H24O/c1-2-3-6-11-7-4-5-8-12(13)10-9-11/h11-13H,2-10H2,1H3. The first kappa shape index (κ1) is 11.0. The zero-order valence-electron chi connectivity index (χ0n) is 8.97. The van der Waals surface area contributed by atoms with E-state index in [-0.39, 0.29) is 6.10 Å². The van der Waals surface area contributed by atoms with Gasteiger partial charge in [-0.15, -0.1) is 0 Å². The molecule has 1 nitrogen and oxygen atoms in total. The van der Waals surface area contributed by atoms with Crippen LogP contribution in [0.4, 0.5) is 0 Å². The fourth-order valence-electron chi connectivity index (χ4n) is 2.31. The van der Waals surface area contributed by atoms with E-state index in [1.54, 1.807) is 0 Å². The number of aliphatic hydroxyl groups excluding tert-OH is 1. The van der Waals surface area contributed by atoms with Crippen LogP contribution in [0.2, 0.25) is 0 Å². The third-order valence-corrected chi connectivity index (χ3v) is 3.27. The second-order valence-corrected chi connectivity index (χ2v) is 4.52. The van der Waals surface area contributed by atoms with Gasteiger partial charge in [0, 0.05) is 0 Å². The molecule has 1 aliphatic carbocycles. The molecule has 1 fully saturated rings. The van der Waals surface area contributed by atoms with Gasteiger partial charge in [-0.25, -0.2) is 0 Å². The van der Waals surface area contributed by atoms with Crippen molar-refractivity contribution < 1.29 is 5.11 Å². The molecule has 1 N–H and O–H groups in total. The summed E-state index contributed by atoms with van der Waals surface area (Å²) in [7, 11) is 0. The molecule has 2 unspecified atom stereocenters. The lowest BCUT2D eigenvalue weighted by atomic mass is 9.87. The molecule has 0 bridgehead atoms. The van der Waals surface area contributed by atoms with Crippen molar-refractivity contribution in [2.45, 2.75) is 70.8 Å². The van der Waals surface area contributed by atoms with E-state index < -0.39 is 0 Å². The van der Waals surface area contributed by atoms with Crippen molar-refractivity contribution in [2.75, 3.05) is 0 Å². The van der Waals surface area contributed by atoms with Gasteiger partial charge in [0.05, 0.1) is 6.10 Å². The highest BCUT2D eigenvalue weighted by atomic mass is 16.3. The first-order valence-electron chi connectivity index (χ1n) is 6.01. The van der Waals surface area contributed by atoms with Crippen molar-refractivity contribution in [1.29, 1.82) is 0 Å². The highest BCUT2D eigenvalue weighted by Crippen LogP contribution is 2.26. The number of unbranched alkanes of at least 4 members (excludes halogenated alkanes) is 1. The summed E-state index contributed by atoms with van der Waals surface area (Å²) in [5, 5.41) is 9.56. The van der Waals surface area contributed by atoms with E-state index in [1.807, 2.05) is 0 Å². The lowest BCUT2D eigenvalue weighted by molar-refractivity contribution is 0.129. The van der Waals surface area contributed by atoms with E-state index in [0.717, 1.165) is 18.8 Å². The molecule has 0 amide bonds. The van der Waals surface area contributed by atoms with E-state index in [0.29, 0.717) is 0 Å². The van der Waals surface area contributed by atoms with Crippen molar-refractivity contribution in [3.8, 4) is 0 Å². The van der Waals surface area contributed by atoms with Gasteiger partial charge in [-0.1, -0.05) is 45.4 Å². The minimum absolute atomic E-state index is 0.00410. The molecule has 13 heavy (non-hydrogen) atoms. The molecule has 0 heterocycles. The van der Waals surface area contributed by atoms with Crippen molar-refractivity contribution in [3.05, 3.63) is 0 Å². The van der Waals surface area contributed by atoms with Crippen LogP contribution >= 0.6 is 0 Å². The Hall–Kier alpha value is -0.0400. The van der Waals surface area contributed by atoms with Gasteiger partial charge in [0.1, 0.15) is 0 Å². The van der Waals surface area contributed by atoms with Gasteiger partial charge in [0.2, 0.25) is 0 Å². The van der Waals surface area contributed by atoms with Crippen LogP contribution in [-0.2, 0) is 0 Å². The van der Waals surface area contributed by atoms with Crippen molar-refractivity contribution in [1.82, 2.24) is 0 Å². The van der Waals surface area contributed by atoms with Gasteiger partial charge in [-0.2, -0.15) is 0 Å². The van der Waals surface area contributed by atoms with E-state index in [2.05, 4.69) is 6.92 Å². The van der Waals surface area contributed by atoms with E-state index in [9.17, 15) is 5.11 Å². The number of hydrogen-bond acceptors (Lipinski definition) is 1. The fourth-order valence-corrected chi connectivity index (χ4v) is 2.31. The molecule has 0 aliphatic heterocycles. The predicted octanol–water partition coefficient (Wildman–Crippen LogP) is 3.51. The molecular weight excluding hydrogens is 160 g/mol. The summed E-state index contributed by atoms with van der Waals surface area (Å²) in [4.78, 5) is 0. The van der Waals surface area contributed by atoms with Crippen LogP contribution in [-0.4, -0.2) is 11.2 Å². The minimum Gasteiger partial charge on any atom is -0.393 e. The van der Waals surface area contributed by atoms with E-state index in [4.69, 9.17) is 0 Å². The fraction of sp³-hybridized carbons (Fsp3) is 1.00. The van der Waals surface area contributed by atoms with Crippen LogP contribution in [0.5, 0.6) is 0 Å². The zero-order valence-corrected chi connectivity index (χ0v) is 8.97. The molecule has 0 radical (unpaired) electrons. The Kier molecular flexibility index (Phi) is 5.45. The topological polar surface area (TPSA) is 20.2 Å². The second kappa shape index (κ2) is 6.42. The third-order valence-electron chi connectivity index (χ3n) is 3.27.